The first-order valence-electron chi connectivity index (χ1n) is 15.5. The Morgan fingerprint density at radius 2 is 1.69 bits per heavy atom. The summed E-state index contributed by atoms with van der Waals surface area (Å²) in [4.78, 5) is 75.3. The zero-order valence-electron chi connectivity index (χ0n) is 26.8. The molecule has 0 unspecified atom stereocenters. The third-order valence-corrected chi connectivity index (χ3v) is 9.59. The summed E-state index contributed by atoms with van der Waals surface area (Å²) in [6, 6.07) is 3.35. The van der Waals surface area contributed by atoms with Crippen molar-refractivity contribution < 1.29 is 78.0 Å². The van der Waals surface area contributed by atoms with Crippen molar-refractivity contribution in [1.82, 2.24) is 4.90 Å². The lowest BCUT2D eigenvalue weighted by Gasteiger charge is -2.61. The fourth-order valence-corrected chi connectivity index (χ4v) is 7.24. The van der Waals surface area contributed by atoms with E-state index in [1.54, 1.807) is 6.07 Å². The van der Waals surface area contributed by atoms with Gasteiger partial charge in [-0.25, -0.2) is 19.2 Å². The molecule has 1 spiro atoms. The quantitative estimate of drug-likeness (QED) is 0.124. The Morgan fingerprint density at radius 3 is 2.33 bits per heavy atom. The van der Waals surface area contributed by atoms with Crippen LogP contribution in [0, 0.1) is 0 Å². The molecule has 2 aliphatic heterocycles. The Labute approximate surface area is 278 Å². The number of carbonyl (C=O) groups excluding carboxylic acids is 4. The van der Waals surface area contributed by atoms with E-state index in [9.17, 15) is 44.1 Å². The molecule has 2 bridgehead atoms. The maximum absolute atomic E-state index is 13.4. The van der Waals surface area contributed by atoms with E-state index in [-0.39, 0.29) is 24.8 Å². The van der Waals surface area contributed by atoms with Crippen molar-refractivity contribution in [1.29, 1.82) is 0 Å². The van der Waals surface area contributed by atoms with E-state index in [1.165, 1.54) is 6.08 Å². The fraction of sp³-hybridized carbons (Fsp3) is 0.562. The number of carbonyl (C=O) groups is 6. The summed E-state index contributed by atoms with van der Waals surface area (Å²) in [6.07, 6.45) is -8.22. The third-order valence-electron chi connectivity index (χ3n) is 9.59. The lowest BCUT2D eigenvalue weighted by molar-refractivity contribution is -0.186. The van der Waals surface area contributed by atoms with Crippen LogP contribution in [0.4, 0.5) is 0 Å². The Hall–Kier alpha value is -4.58. The monoisotopic (exact) mass is 691 g/mol. The molecule has 0 saturated carbocycles. The smallest absolute Gasteiger partial charge is 0.348 e. The molecule has 2 aliphatic carbocycles. The molecule has 1 fully saturated rings. The molecule has 0 radical (unpaired) electrons. The molecule has 1 saturated heterocycles. The van der Waals surface area contributed by atoms with Crippen molar-refractivity contribution in [3.05, 3.63) is 40.7 Å². The first kappa shape index (κ1) is 35.7. The minimum absolute atomic E-state index is 0.0231. The molecule has 17 nitrogen and oxygen atoms in total. The van der Waals surface area contributed by atoms with Gasteiger partial charge in [-0.1, -0.05) is 12.1 Å². The number of likely N-dealkylation sites (tertiary alicyclic amines) is 1. The average Bonchev–Trinajstić information content (AvgIpc) is 3.39. The number of aliphatic hydroxyl groups is 3. The Morgan fingerprint density at radius 1 is 1.00 bits per heavy atom. The molecule has 5 rings (SSSR count). The number of ether oxygens (including phenoxy) is 5. The molecule has 0 amide bonds. The number of aliphatic carboxylic acids is 2. The molecule has 49 heavy (non-hydrogen) atoms. The van der Waals surface area contributed by atoms with Crippen LogP contribution in [0.15, 0.2) is 24.0 Å². The van der Waals surface area contributed by atoms with Gasteiger partial charge in [0.15, 0.2) is 12.2 Å². The Kier molecular flexibility index (Phi) is 9.75. The third kappa shape index (κ3) is 6.22. The Bertz CT molecular complexity index is 1600. The maximum atomic E-state index is 13.4. The predicted octanol–water partition coefficient (Wildman–Crippen LogP) is -0.915. The number of carboxylic acid groups (broad SMARTS) is 2. The first-order chi connectivity index (χ1) is 23.0. The SMILES string of the molecule is C[C@H](O)C(=O)O[C@@H](CC(=O)OC1=CC[C@@]2(O)[C@H]3Cc4ccc(CO)c5c4[C@@]2(CCN3C)[C@H]1O5)C(=O)O[C@@H](C)C(=O)O[C@@H](CC(=O)O)C(=O)O. The van der Waals surface area contributed by atoms with Gasteiger partial charge in [-0.05, 0) is 51.9 Å². The highest BCUT2D eigenvalue weighted by Gasteiger charge is 2.72. The van der Waals surface area contributed by atoms with Crippen LogP contribution in [0.1, 0.15) is 56.2 Å². The Balaban J connectivity index is 1.35. The van der Waals surface area contributed by atoms with E-state index in [0.29, 0.717) is 30.7 Å². The van der Waals surface area contributed by atoms with E-state index in [1.807, 2.05) is 13.1 Å². The van der Waals surface area contributed by atoms with Gasteiger partial charge in [0.05, 0.1) is 30.5 Å². The van der Waals surface area contributed by atoms with Crippen molar-refractivity contribution in [3.63, 3.8) is 0 Å². The number of hydrogen-bond acceptors (Lipinski definition) is 15. The van der Waals surface area contributed by atoms with Crippen LogP contribution in [0.5, 0.6) is 5.75 Å². The van der Waals surface area contributed by atoms with E-state index in [2.05, 4.69) is 9.64 Å². The van der Waals surface area contributed by atoms with Gasteiger partial charge in [0.2, 0.25) is 12.2 Å². The predicted molar refractivity (Wildman–Crippen MR) is 158 cm³/mol. The number of aliphatic hydroxyl groups excluding tert-OH is 2. The molecule has 4 aliphatic rings. The minimum Gasteiger partial charge on any atom is -0.481 e. The lowest BCUT2D eigenvalue weighted by atomic mass is 9.50. The van der Waals surface area contributed by atoms with Crippen molar-refractivity contribution in [2.24, 2.45) is 0 Å². The first-order valence-corrected chi connectivity index (χ1v) is 15.5. The highest BCUT2D eigenvalue weighted by Crippen LogP contribution is 2.64. The molecule has 0 aromatic heterocycles. The molecule has 266 valence electrons. The molecule has 2 heterocycles. The van der Waals surface area contributed by atoms with Crippen molar-refractivity contribution in [3.8, 4) is 5.75 Å². The van der Waals surface area contributed by atoms with Gasteiger partial charge in [0.1, 0.15) is 17.6 Å². The second-order valence-corrected chi connectivity index (χ2v) is 12.6. The lowest BCUT2D eigenvalue weighted by Crippen LogP contribution is -2.74. The van der Waals surface area contributed by atoms with E-state index >= 15 is 0 Å². The molecule has 1 aromatic rings. The van der Waals surface area contributed by atoms with Crippen LogP contribution < -0.4 is 4.74 Å². The zero-order chi connectivity index (χ0) is 36.0. The molecular formula is C32H37NO16. The van der Waals surface area contributed by atoms with Crippen LogP contribution in [0.2, 0.25) is 0 Å². The summed E-state index contributed by atoms with van der Waals surface area (Å²) >= 11 is 0. The molecule has 5 N–H and O–H groups in total. The standard InChI is InChI=1S/C32H37NO16/c1-14(35)28(41)48-20(30(43)45-15(2)29(42)47-19(27(39)40)11-22(36)37)12-23(38)46-18-6-7-32(44)21-10-16-4-5-17(13-34)25-24(16)31(32,26(18)49-25)8-9-33(21)3/h4-6,14-15,19-21,26,34-35,44H,7-13H2,1-3H3,(H,36,37)(H,39,40)/t14-,15-,19-,20-,21+,26-,31-,32+/m0/s1. The van der Waals surface area contributed by atoms with Crippen LogP contribution in [0.25, 0.3) is 0 Å². The second kappa shape index (κ2) is 13.4. The summed E-state index contributed by atoms with van der Waals surface area (Å²) in [6.45, 7) is 2.26. The number of esters is 4. The highest BCUT2D eigenvalue weighted by molar-refractivity contribution is 5.88. The van der Waals surface area contributed by atoms with Crippen LogP contribution in [-0.4, -0.2) is 122 Å². The highest BCUT2D eigenvalue weighted by atomic mass is 16.6. The summed E-state index contributed by atoms with van der Waals surface area (Å²) in [5, 5.41) is 50.0. The van der Waals surface area contributed by atoms with Crippen LogP contribution in [0.3, 0.4) is 0 Å². The van der Waals surface area contributed by atoms with Gasteiger partial charge < -0.3 is 54.1 Å². The van der Waals surface area contributed by atoms with Gasteiger partial charge >= 0.3 is 35.8 Å². The summed E-state index contributed by atoms with van der Waals surface area (Å²) in [5.41, 5.74) is -0.183. The van der Waals surface area contributed by atoms with Crippen molar-refractivity contribution >= 4 is 35.8 Å². The van der Waals surface area contributed by atoms with Crippen molar-refractivity contribution in [2.45, 2.75) is 100 Å². The summed E-state index contributed by atoms with van der Waals surface area (Å²) < 4.78 is 26.7. The van der Waals surface area contributed by atoms with Gasteiger partial charge in [0.25, 0.3) is 0 Å². The number of nitrogens with zero attached hydrogens (tertiary/aromatic N) is 1. The number of carboxylic acids is 2. The van der Waals surface area contributed by atoms with Gasteiger partial charge in [-0.2, -0.15) is 0 Å². The summed E-state index contributed by atoms with van der Waals surface area (Å²) in [7, 11) is 1.92. The topological polar surface area (TPSA) is 253 Å². The van der Waals surface area contributed by atoms with E-state index in [4.69, 9.17) is 29.2 Å². The largest absolute Gasteiger partial charge is 0.481 e. The number of benzene rings is 1. The van der Waals surface area contributed by atoms with Gasteiger partial charge in [-0.15, -0.1) is 0 Å². The zero-order valence-corrected chi connectivity index (χ0v) is 26.8. The van der Waals surface area contributed by atoms with Crippen molar-refractivity contribution in [2.75, 3.05) is 13.6 Å². The molecule has 17 heteroatoms. The van der Waals surface area contributed by atoms with Crippen LogP contribution in [-0.2, 0) is 66.2 Å². The van der Waals surface area contributed by atoms with Gasteiger partial charge in [0, 0.05) is 23.6 Å². The second-order valence-electron chi connectivity index (χ2n) is 12.6. The minimum atomic E-state index is -2.09. The van der Waals surface area contributed by atoms with E-state index in [0.717, 1.165) is 25.0 Å². The number of rotatable bonds is 13. The summed E-state index contributed by atoms with van der Waals surface area (Å²) in [5.74, 6) is -8.25. The van der Waals surface area contributed by atoms with E-state index < -0.39 is 90.2 Å². The molecular weight excluding hydrogens is 654 g/mol. The molecule has 8 atom stereocenters. The molecule has 1 aromatic carbocycles. The number of hydrogen-bond donors (Lipinski definition) is 5. The van der Waals surface area contributed by atoms with Gasteiger partial charge in [-0.3, -0.25) is 9.59 Å². The number of piperidine rings is 1. The normalized spacial score (nSPS) is 27.2. The average molecular weight is 692 g/mol. The van der Waals surface area contributed by atoms with Crippen LogP contribution >= 0.6 is 0 Å². The number of likely N-dealkylation sites (N-methyl/N-ethyl adjacent to an activating group) is 1. The maximum Gasteiger partial charge on any atom is 0.348 e. The fourth-order valence-electron chi connectivity index (χ4n) is 7.24.